The maximum atomic E-state index is 14.7. The summed E-state index contributed by atoms with van der Waals surface area (Å²) in [6, 6.07) is 14.1. The zero-order valence-electron chi connectivity index (χ0n) is 23.0. The lowest BCUT2D eigenvalue weighted by Crippen LogP contribution is -2.44. The number of aromatic nitrogens is 2. The van der Waals surface area contributed by atoms with Gasteiger partial charge in [-0.15, -0.1) is 0 Å². The second-order valence-electron chi connectivity index (χ2n) is 11.2. The van der Waals surface area contributed by atoms with Gasteiger partial charge in [0.25, 0.3) is 0 Å². The first kappa shape index (κ1) is 28.0. The van der Waals surface area contributed by atoms with E-state index in [0.29, 0.717) is 61.2 Å². The Bertz CT molecular complexity index is 1520. The molecule has 1 aliphatic heterocycles. The number of carbonyl (C=O) groups excluding carboxylic acids is 1. The zero-order chi connectivity index (χ0) is 28.7. The Morgan fingerprint density at radius 1 is 1.12 bits per heavy atom. The van der Waals surface area contributed by atoms with Gasteiger partial charge in [-0.25, -0.2) is 27.6 Å². The fourth-order valence-electron chi connectivity index (χ4n) is 4.78. The Hall–Kier alpha value is -3.57. The Labute approximate surface area is 233 Å². The Balaban J connectivity index is 1.54. The first-order valence-electron chi connectivity index (χ1n) is 13.2. The third kappa shape index (κ3) is 5.53. The Kier molecular flexibility index (Phi) is 7.30. The number of carbonyl (C=O) groups is 1. The molecule has 212 valence electrons. The lowest BCUT2D eigenvalue weighted by molar-refractivity contribution is 0.0636. The summed E-state index contributed by atoms with van der Waals surface area (Å²) in [4.78, 5) is 23.5. The van der Waals surface area contributed by atoms with Crippen molar-refractivity contribution in [2.75, 3.05) is 30.0 Å². The topological polar surface area (TPSA) is 111 Å². The standard InChI is InChI=1S/C29H33FN4O5S/c1-19-18-38-16-15-34(19)25-17-24(29(13-14-29)40(36,37)23-8-6-5-7-22(23)30)32-26(33-25)20-9-11-21(12-10-20)31-27(35)39-28(2,3)4/h5-12,17,19H,13-16,18H2,1-4H3,(H,31,35)/t19-/m0/s1. The van der Waals surface area contributed by atoms with Crippen LogP contribution in [0, 0.1) is 5.82 Å². The average molecular weight is 569 g/mol. The molecule has 0 unspecified atom stereocenters. The number of nitrogens with zero attached hydrogens (tertiary/aromatic N) is 3. The van der Waals surface area contributed by atoms with E-state index in [4.69, 9.17) is 19.4 Å². The van der Waals surface area contributed by atoms with Gasteiger partial charge in [0.05, 0.1) is 24.9 Å². The molecular weight excluding hydrogens is 535 g/mol. The van der Waals surface area contributed by atoms with Gasteiger partial charge >= 0.3 is 6.09 Å². The summed E-state index contributed by atoms with van der Waals surface area (Å²) in [7, 11) is -4.08. The molecule has 11 heteroatoms. The van der Waals surface area contributed by atoms with Crippen LogP contribution in [0.5, 0.6) is 0 Å². The number of sulfone groups is 1. The van der Waals surface area contributed by atoms with E-state index in [0.717, 1.165) is 6.07 Å². The highest BCUT2D eigenvalue weighted by Gasteiger charge is 2.58. The van der Waals surface area contributed by atoms with Crippen molar-refractivity contribution in [1.29, 1.82) is 0 Å². The molecule has 3 aromatic rings. The van der Waals surface area contributed by atoms with Gasteiger partial charge in [-0.2, -0.15) is 0 Å². The minimum atomic E-state index is -4.08. The molecule has 1 N–H and O–H groups in total. The molecule has 1 saturated heterocycles. The van der Waals surface area contributed by atoms with Gasteiger partial charge in [0, 0.05) is 23.9 Å². The largest absolute Gasteiger partial charge is 0.444 e. The molecule has 5 rings (SSSR count). The van der Waals surface area contributed by atoms with Crippen molar-refractivity contribution in [3.8, 4) is 11.4 Å². The number of anilines is 2. The van der Waals surface area contributed by atoms with E-state index in [-0.39, 0.29) is 10.9 Å². The van der Waals surface area contributed by atoms with Crippen molar-refractivity contribution < 1.29 is 27.1 Å². The van der Waals surface area contributed by atoms with Crippen molar-refractivity contribution in [2.24, 2.45) is 0 Å². The molecule has 0 bridgehead atoms. The summed E-state index contributed by atoms with van der Waals surface area (Å²) >= 11 is 0. The van der Waals surface area contributed by atoms with Crippen LogP contribution in [0.4, 0.5) is 20.7 Å². The lowest BCUT2D eigenvalue weighted by Gasteiger charge is -2.34. The van der Waals surface area contributed by atoms with Gasteiger partial charge in [0.2, 0.25) is 0 Å². The number of amides is 1. The fraction of sp³-hybridized carbons (Fsp3) is 0.414. The number of hydrogen-bond acceptors (Lipinski definition) is 8. The van der Waals surface area contributed by atoms with Crippen LogP contribution in [0.2, 0.25) is 0 Å². The summed E-state index contributed by atoms with van der Waals surface area (Å²) in [5.74, 6) is 0.143. The highest BCUT2D eigenvalue weighted by atomic mass is 32.2. The minimum absolute atomic E-state index is 0.0167. The maximum absolute atomic E-state index is 14.7. The molecular formula is C29H33FN4O5S. The molecule has 1 amide bonds. The number of rotatable bonds is 6. The van der Waals surface area contributed by atoms with E-state index in [9.17, 15) is 17.6 Å². The van der Waals surface area contributed by atoms with Crippen LogP contribution in [0.1, 0.15) is 46.2 Å². The quantitative estimate of drug-likeness (QED) is 0.426. The molecule has 2 aliphatic rings. The summed E-state index contributed by atoms with van der Waals surface area (Å²) < 4.78 is 51.8. The highest BCUT2D eigenvalue weighted by Crippen LogP contribution is 2.55. The van der Waals surface area contributed by atoms with Gasteiger partial charge < -0.3 is 14.4 Å². The van der Waals surface area contributed by atoms with Crippen molar-refractivity contribution in [1.82, 2.24) is 9.97 Å². The van der Waals surface area contributed by atoms with Gasteiger partial charge in [0.1, 0.15) is 26.9 Å². The van der Waals surface area contributed by atoms with Crippen LogP contribution >= 0.6 is 0 Å². The monoisotopic (exact) mass is 568 g/mol. The van der Waals surface area contributed by atoms with Gasteiger partial charge in [0.15, 0.2) is 15.7 Å². The van der Waals surface area contributed by atoms with E-state index < -0.39 is 32.1 Å². The second kappa shape index (κ2) is 10.4. The summed E-state index contributed by atoms with van der Waals surface area (Å²) in [6.45, 7) is 8.98. The van der Waals surface area contributed by atoms with E-state index >= 15 is 0 Å². The van der Waals surface area contributed by atoms with Crippen molar-refractivity contribution in [3.05, 3.63) is 66.1 Å². The molecule has 1 atom stereocenters. The number of halogens is 1. The normalized spacial score (nSPS) is 18.7. The minimum Gasteiger partial charge on any atom is -0.444 e. The summed E-state index contributed by atoms with van der Waals surface area (Å²) in [5.41, 5.74) is 0.868. The predicted octanol–water partition coefficient (Wildman–Crippen LogP) is 5.32. The van der Waals surface area contributed by atoms with Crippen LogP contribution < -0.4 is 10.2 Å². The SMILES string of the molecule is C[C@H]1COCCN1c1cc(C2(S(=O)(=O)c3ccccc3F)CC2)nc(-c2ccc(NC(=O)OC(C)(C)C)cc2)n1. The van der Waals surface area contributed by atoms with Crippen LogP contribution in [0.15, 0.2) is 59.5 Å². The Morgan fingerprint density at radius 2 is 1.82 bits per heavy atom. The number of nitrogens with one attached hydrogen (secondary N) is 1. The summed E-state index contributed by atoms with van der Waals surface area (Å²) in [5, 5.41) is 2.70. The molecule has 2 fully saturated rings. The van der Waals surface area contributed by atoms with E-state index in [1.807, 2.05) is 6.92 Å². The van der Waals surface area contributed by atoms with Crippen LogP contribution in [0.3, 0.4) is 0 Å². The van der Waals surface area contributed by atoms with E-state index in [1.165, 1.54) is 18.2 Å². The molecule has 2 aromatic carbocycles. The first-order valence-corrected chi connectivity index (χ1v) is 14.7. The lowest BCUT2D eigenvalue weighted by atomic mass is 10.1. The highest BCUT2D eigenvalue weighted by molar-refractivity contribution is 7.92. The fourth-order valence-corrected chi connectivity index (χ4v) is 6.81. The molecule has 9 nitrogen and oxygen atoms in total. The van der Waals surface area contributed by atoms with Crippen LogP contribution in [-0.2, 0) is 24.1 Å². The van der Waals surface area contributed by atoms with Crippen LogP contribution in [-0.4, -0.2) is 55.9 Å². The Morgan fingerprint density at radius 3 is 2.45 bits per heavy atom. The van der Waals surface area contributed by atoms with Gasteiger partial charge in [-0.1, -0.05) is 12.1 Å². The molecule has 1 aromatic heterocycles. The van der Waals surface area contributed by atoms with Crippen molar-refractivity contribution in [2.45, 2.75) is 61.8 Å². The third-order valence-electron chi connectivity index (χ3n) is 6.97. The van der Waals surface area contributed by atoms with Gasteiger partial charge in [-0.05, 0) is 76.9 Å². The summed E-state index contributed by atoms with van der Waals surface area (Å²) in [6.07, 6.45) is 0.0876. The smallest absolute Gasteiger partial charge is 0.412 e. The molecule has 0 radical (unpaired) electrons. The molecule has 0 spiro atoms. The third-order valence-corrected chi connectivity index (χ3v) is 9.53. The molecule has 40 heavy (non-hydrogen) atoms. The number of ether oxygens (including phenoxy) is 2. The van der Waals surface area contributed by atoms with E-state index in [1.54, 1.807) is 51.1 Å². The molecule has 1 saturated carbocycles. The number of hydrogen-bond donors (Lipinski definition) is 1. The van der Waals surface area contributed by atoms with Crippen LogP contribution in [0.25, 0.3) is 11.4 Å². The first-order chi connectivity index (χ1) is 18.9. The van der Waals surface area contributed by atoms with Gasteiger partial charge in [-0.3, -0.25) is 5.32 Å². The maximum Gasteiger partial charge on any atom is 0.412 e. The zero-order valence-corrected chi connectivity index (χ0v) is 23.8. The average Bonchev–Trinajstić information content (AvgIpc) is 3.71. The predicted molar refractivity (Wildman–Crippen MR) is 149 cm³/mol. The molecule has 2 heterocycles. The number of morpholine rings is 1. The van der Waals surface area contributed by atoms with Crippen molar-refractivity contribution in [3.63, 3.8) is 0 Å². The van der Waals surface area contributed by atoms with E-state index in [2.05, 4.69) is 10.2 Å². The molecule has 1 aliphatic carbocycles. The second-order valence-corrected chi connectivity index (χ2v) is 13.4. The number of benzene rings is 2. The van der Waals surface area contributed by atoms with Crippen molar-refractivity contribution >= 4 is 27.4 Å².